The fourth-order valence-electron chi connectivity index (χ4n) is 4.48. The zero-order valence-electron chi connectivity index (χ0n) is 16.8. The summed E-state index contributed by atoms with van der Waals surface area (Å²) in [7, 11) is 5.96. The average Bonchev–Trinajstić information content (AvgIpc) is 3.36. The number of carbonyl (C=O) groups excluding carboxylic acids is 1. The van der Waals surface area contributed by atoms with E-state index in [9.17, 15) is 4.79 Å². The van der Waals surface area contributed by atoms with Gasteiger partial charge in [-0.15, -0.1) is 0 Å². The maximum absolute atomic E-state index is 13.2. The molecule has 0 saturated carbocycles. The van der Waals surface area contributed by atoms with Crippen molar-refractivity contribution in [2.75, 3.05) is 41.3 Å². The summed E-state index contributed by atoms with van der Waals surface area (Å²) in [6, 6.07) is 7.35. The molecule has 0 N–H and O–H groups in total. The molecule has 29 heavy (non-hydrogen) atoms. The molecule has 3 aliphatic rings. The molecule has 0 radical (unpaired) electrons. The summed E-state index contributed by atoms with van der Waals surface area (Å²) in [5, 5.41) is 0. The monoisotopic (exact) mass is 398 g/mol. The Bertz CT molecular complexity index is 999. The molecular weight excluding hydrogens is 374 g/mol. The summed E-state index contributed by atoms with van der Waals surface area (Å²) in [6.45, 7) is 1.31. The molecule has 152 valence electrons. The number of nitrogens with zero attached hydrogens (tertiary/aromatic N) is 1. The number of benzene rings is 2. The molecule has 3 heterocycles. The molecule has 7 nitrogen and oxygen atoms in total. The molecule has 3 aliphatic heterocycles. The van der Waals surface area contributed by atoms with Crippen LogP contribution in [-0.2, 0) is 6.42 Å². The van der Waals surface area contributed by atoms with Gasteiger partial charge in [0, 0.05) is 12.0 Å². The van der Waals surface area contributed by atoms with Gasteiger partial charge in [0.05, 0.1) is 39.7 Å². The highest BCUT2D eigenvalue weighted by Crippen LogP contribution is 2.51. The number of carbonyl (C=O) groups is 1. The van der Waals surface area contributed by atoms with Gasteiger partial charge in [0.15, 0.2) is 28.8 Å². The summed E-state index contributed by atoms with van der Waals surface area (Å²) in [4.78, 5) is 13.2. The molecule has 5 rings (SSSR count). The van der Waals surface area contributed by atoms with Gasteiger partial charge in [0.1, 0.15) is 6.04 Å². The Morgan fingerprint density at radius 3 is 2.66 bits per heavy atom. The van der Waals surface area contributed by atoms with Crippen LogP contribution in [-0.4, -0.2) is 51.6 Å². The van der Waals surface area contributed by atoms with Crippen LogP contribution in [0.4, 0.5) is 0 Å². The average molecular weight is 398 g/mol. The van der Waals surface area contributed by atoms with Crippen LogP contribution in [0.15, 0.2) is 24.3 Å². The number of ketones is 1. The van der Waals surface area contributed by atoms with Crippen molar-refractivity contribution in [3.05, 3.63) is 41.0 Å². The SMILES string of the molecule is COc1c2c(cc3c1C(CC(=O)c1ccc4c(c1)OCO4)[N+](C)(C)CC3)OCO2. The van der Waals surface area contributed by atoms with Gasteiger partial charge in [-0.3, -0.25) is 4.79 Å². The number of ether oxygens (including phenoxy) is 5. The van der Waals surface area contributed by atoms with Gasteiger partial charge in [0.25, 0.3) is 0 Å². The highest BCUT2D eigenvalue weighted by atomic mass is 16.7. The van der Waals surface area contributed by atoms with Gasteiger partial charge in [0.2, 0.25) is 19.3 Å². The fraction of sp³-hybridized carbons (Fsp3) is 0.409. The van der Waals surface area contributed by atoms with Crippen LogP contribution < -0.4 is 23.7 Å². The maximum atomic E-state index is 13.2. The van der Waals surface area contributed by atoms with Crippen molar-refractivity contribution < 1.29 is 33.0 Å². The second-order valence-corrected chi connectivity index (χ2v) is 8.18. The minimum atomic E-state index is -0.0545. The predicted molar refractivity (Wildman–Crippen MR) is 104 cm³/mol. The number of methoxy groups -OCH3 is 1. The number of hydrogen-bond acceptors (Lipinski definition) is 6. The molecule has 0 bridgehead atoms. The van der Waals surface area contributed by atoms with E-state index < -0.39 is 0 Å². The summed E-state index contributed by atoms with van der Waals surface area (Å²) in [6.07, 6.45) is 1.25. The fourth-order valence-corrected chi connectivity index (χ4v) is 4.48. The van der Waals surface area contributed by atoms with Gasteiger partial charge in [-0.25, -0.2) is 0 Å². The quantitative estimate of drug-likeness (QED) is 0.583. The zero-order chi connectivity index (χ0) is 20.2. The minimum Gasteiger partial charge on any atom is -0.492 e. The lowest BCUT2D eigenvalue weighted by Gasteiger charge is -2.43. The normalized spacial score (nSPS) is 20.3. The highest BCUT2D eigenvalue weighted by molar-refractivity contribution is 5.97. The molecule has 1 unspecified atom stereocenters. The first-order valence-electron chi connectivity index (χ1n) is 9.73. The van der Waals surface area contributed by atoms with Crippen LogP contribution in [0.5, 0.6) is 28.7 Å². The second kappa shape index (κ2) is 6.56. The zero-order valence-corrected chi connectivity index (χ0v) is 16.8. The molecule has 0 fully saturated rings. The number of quaternary nitrogens is 1. The molecule has 2 aromatic carbocycles. The van der Waals surface area contributed by atoms with Gasteiger partial charge in [-0.1, -0.05) is 0 Å². The van der Waals surface area contributed by atoms with Gasteiger partial charge >= 0.3 is 0 Å². The summed E-state index contributed by atoms with van der Waals surface area (Å²) < 4.78 is 28.5. The number of likely N-dealkylation sites (N-methyl/N-ethyl adjacent to an activating group) is 1. The molecule has 0 amide bonds. The molecule has 0 spiro atoms. The number of fused-ring (bicyclic) bond motifs is 3. The van der Waals surface area contributed by atoms with Crippen molar-refractivity contribution in [1.29, 1.82) is 0 Å². The summed E-state index contributed by atoms with van der Waals surface area (Å²) >= 11 is 0. The largest absolute Gasteiger partial charge is 0.492 e. The summed E-state index contributed by atoms with van der Waals surface area (Å²) in [5.41, 5.74) is 2.83. The highest BCUT2D eigenvalue weighted by Gasteiger charge is 2.42. The third-order valence-electron chi connectivity index (χ3n) is 6.16. The standard InChI is InChI=1S/C22H24NO6/c1-23(2)7-6-14-9-19-21(29-12-28-19)22(25-3)20(14)15(23)10-16(24)13-4-5-17-18(8-13)27-11-26-17/h4-5,8-9,15H,6-7,10-12H2,1-3H3/q+1. The first-order chi connectivity index (χ1) is 14.0. The van der Waals surface area contributed by atoms with E-state index >= 15 is 0 Å². The second-order valence-electron chi connectivity index (χ2n) is 8.18. The third kappa shape index (κ3) is 2.88. The molecule has 7 heteroatoms. The van der Waals surface area contributed by atoms with Crippen LogP contribution in [0.3, 0.4) is 0 Å². The smallest absolute Gasteiger partial charge is 0.231 e. The lowest BCUT2D eigenvalue weighted by atomic mass is 9.86. The topological polar surface area (TPSA) is 63.2 Å². The molecule has 2 aromatic rings. The first kappa shape index (κ1) is 18.1. The van der Waals surface area contributed by atoms with E-state index in [0.29, 0.717) is 45.2 Å². The van der Waals surface area contributed by atoms with Gasteiger partial charge in [-0.2, -0.15) is 0 Å². The number of rotatable bonds is 4. The van der Waals surface area contributed by atoms with E-state index in [1.807, 2.05) is 6.07 Å². The van der Waals surface area contributed by atoms with E-state index in [-0.39, 0.29) is 25.4 Å². The van der Waals surface area contributed by atoms with Crippen LogP contribution in [0.1, 0.15) is 33.9 Å². The van der Waals surface area contributed by atoms with E-state index in [4.69, 9.17) is 23.7 Å². The Morgan fingerprint density at radius 1 is 1.07 bits per heavy atom. The Balaban J connectivity index is 1.54. The van der Waals surface area contributed by atoms with Gasteiger partial charge < -0.3 is 28.2 Å². The van der Waals surface area contributed by atoms with Gasteiger partial charge in [-0.05, 0) is 29.8 Å². The third-order valence-corrected chi connectivity index (χ3v) is 6.16. The van der Waals surface area contributed by atoms with Crippen molar-refractivity contribution in [3.8, 4) is 28.7 Å². The number of Topliss-reactive ketones (excluding diaryl/α,β-unsaturated/α-hetero) is 1. The Labute approximate surface area is 169 Å². The van der Waals surface area contributed by atoms with Crippen molar-refractivity contribution in [2.24, 2.45) is 0 Å². The van der Waals surface area contributed by atoms with E-state index in [0.717, 1.165) is 24.1 Å². The molecule has 0 saturated heterocycles. The summed E-state index contributed by atoms with van der Waals surface area (Å²) in [5.74, 6) is 3.39. The lowest BCUT2D eigenvalue weighted by molar-refractivity contribution is -0.922. The predicted octanol–water partition coefficient (Wildman–Crippen LogP) is 3.10. The van der Waals surface area contributed by atoms with Crippen molar-refractivity contribution in [2.45, 2.75) is 18.9 Å². The van der Waals surface area contributed by atoms with Crippen LogP contribution in [0.2, 0.25) is 0 Å². The Hall–Kier alpha value is -2.93. The molecular formula is C22H24NO6+. The molecule has 0 aromatic heterocycles. The lowest BCUT2D eigenvalue weighted by Crippen LogP contribution is -2.48. The minimum absolute atomic E-state index is 0.0545. The van der Waals surface area contributed by atoms with Crippen molar-refractivity contribution in [1.82, 2.24) is 0 Å². The maximum Gasteiger partial charge on any atom is 0.231 e. The Kier molecular flexibility index (Phi) is 4.10. The van der Waals surface area contributed by atoms with E-state index in [2.05, 4.69) is 14.1 Å². The van der Waals surface area contributed by atoms with Crippen molar-refractivity contribution >= 4 is 5.78 Å². The van der Waals surface area contributed by atoms with Crippen LogP contribution in [0.25, 0.3) is 0 Å². The van der Waals surface area contributed by atoms with E-state index in [1.165, 1.54) is 0 Å². The first-order valence-corrected chi connectivity index (χ1v) is 9.73. The molecule has 0 aliphatic carbocycles. The molecule has 1 atom stereocenters. The van der Waals surface area contributed by atoms with Crippen molar-refractivity contribution in [3.63, 3.8) is 0 Å². The van der Waals surface area contributed by atoms with E-state index in [1.54, 1.807) is 25.3 Å². The Morgan fingerprint density at radius 2 is 1.83 bits per heavy atom. The van der Waals surface area contributed by atoms with Crippen LogP contribution in [0, 0.1) is 0 Å². The van der Waals surface area contributed by atoms with Crippen LogP contribution >= 0.6 is 0 Å². The number of hydrogen-bond donors (Lipinski definition) is 0.